The minimum atomic E-state index is -0.302. The third-order valence-electron chi connectivity index (χ3n) is 6.18. The van der Waals surface area contributed by atoms with Crippen LogP contribution < -0.4 is 0 Å². The second kappa shape index (κ2) is 11.8. The van der Waals surface area contributed by atoms with Crippen molar-refractivity contribution in [3.63, 3.8) is 0 Å². The summed E-state index contributed by atoms with van der Waals surface area (Å²) in [6.07, 6.45) is 1.47. The average Bonchev–Trinajstić information content (AvgIpc) is 3.34. The molecule has 1 unspecified atom stereocenters. The predicted octanol–water partition coefficient (Wildman–Crippen LogP) is 5.04. The summed E-state index contributed by atoms with van der Waals surface area (Å²) in [5.41, 5.74) is 1.70. The van der Waals surface area contributed by atoms with Crippen LogP contribution in [0.3, 0.4) is 0 Å². The summed E-state index contributed by atoms with van der Waals surface area (Å²) in [4.78, 5) is 28.9. The Hall–Kier alpha value is -3.45. The highest BCUT2D eigenvalue weighted by Gasteiger charge is 2.31. The Morgan fingerprint density at radius 3 is 2.57 bits per heavy atom. The quantitative estimate of drug-likeness (QED) is 0.404. The SMILES string of the molecule is CCOC(=O)C1CCCN(C(=O)c2ccc(CN(Cc3ccccc3)Cc3ccccc3F)o2)C1. The third-order valence-corrected chi connectivity index (χ3v) is 6.18. The number of likely N-dealkylation sites (tertiary alicyclic amines) is 1. The molecule has 2 aromatic carbocycles. The van der Waals surface area contributed by atoms with E-state index < -0.39 is 0 Å². The molecular formula is C28H31FN2O4. The number of hydrogen-bond acceptors (Lipinski definition) is 5. The van der Waals surface area contributed by atoms with Gasteiger partial charge in [-0.1, -0.05) is 48.5 Å². The Labute approximate surface area is 205 Å². The lowest BCUT2D eigenvalue weighted by molar-refractivity contribution is -0.149. The zero-order valence-corrected chi connectivity index (χ0v) is 20.0. The number of hydrogen-bond donors (Lipinski definition) is 0. The first kappa shape index (κ1) is 24.7. The summed E-state index contributed by atoms with van der Waals surface area (Å²) in [6.45, 7) is 4.45. The second-order valence-electron chi connectivity index (χ2n) is 8.83. The number of carbonyl (C=O) groups excluding carboxylic acids is 2. The van der Waals surface area contributed by atoms with E-state index in [4.69, 9.17) is 9.15 Å². The Balaban J connectivity index is 1.45. The summed E-state index contributed by atoms with van der Waals surface area (Å²) in [6, 6.07) is 20.2. The van der Waals surface area contributed by atoms with Crippen LogP contribution in [0.4, 0.5) is 4.39 Å². The van der Waals surface area contributed by atoms with Gasteiger partial charge < -0.3 is 14.1 Å². The molecule has 1 aliphatic rings. The van der Waals surface area contributed by atoms with Crippen LogP contribution >= 0.6 is 0 Å². The van der Waals surface area contributed by atoms with Gasteiger partial charge in [0.05, 0.1) is 19.1 Å². The molecule has 1 aliphatic heterocycles. The van der Waals surface area contributed by atoms with Gasteiger partial charge in [-0.3, -0.25) is 14.5 Å². The highest BCUT2D eigenvalue weighted by molar-refractivity contribution is 5.92. The first-order valence-corrected chi connectivity index (χ1v) is 12.1. The van der Waals surface area contributed by atoms with Crippen LogP contribution in [0.25, 0.3) is 0 Å². The molecule has 6 nitrogen and oxygen atoms in total. The average molecular weight is 479 g/mol. The van der Waals surface area contributed by atoms with Crippen LogP contribution in [-0.4, -0.2) is 41.4 Å². The van der Waals surface area contributed by atoms with Crippen molar-refractivity contribution in [3.8, 4) is 0 Å². The summed E-state index contributed by atoms with van der Waals surface area (Å²) < 4.78 is 25.4. The van der Waals surface area contributed by atoms with E-state index >= 15 is 0 Å². The van der Waals surface area contributed by atoms with E-state index in [2.05, 4.69) is 4.90 Å². The number of rotatable bonds is 9. The van der Waals surface area contributed by atoms with Gasteiger partial charge in [0, 0.05) is 31.7 Å². The van der Waals surface area contributed by atoms with Crippen molar-refractivity contribution in [2.24, 2.45) is 5.92 Å². The van der Waals surface area contributed by atoms with Gasteiger partial charge in [-0.05, 0) is 43.5 Å². The van der Waals surface area contributed by atoms with Crippen LogP contribution in [0.2, 0.25) is 0 Å². The van der Waals surface area contributed by atoms with Crippen molar-refractivity contribution in [2.45, 2.75) is 39.4 Å². The number of piperidine rings is 1. The zero-order chi connectivity index (χ0) is 24.6. The molecule has 1 saturated heterocycles. The molecule has 4 rings (SSSR count). The normalized spacial score (nSPS) is 15.9. The first-order valence-electron chi connectivity index (χ1n) is 12.1. The third kappa shape index (κ3) is 6.57. The van der Waals surface area contributed by atoms with Gasteiger partial charge in [0.2, 0.25) is 0 Å². The van der Waals surface area contributed by atoms with E-state index in [1.807, 2.05) is 36.4 Å². The molecular weight excluding hydrogens is 447 g/mol. The minimum absolute atomic E-state index is 0.228. The maximum Gasteiger partial charge on any atom is 0.310 e. The Morgan fingerprint density at radius 2 is 1.80 bits per heavy atom. The van der Waals surface area contributed by atoms with Crippen molar-refractivity contribution >= 4 is 11.9 Å². The molecule has 0 N–H and O–H groups in total. The summed E-state index contributed by atoms with van der Waals surface area (Å²) >= 11 is 0. The van der Waals surface area contributed by atoms with Crippen LogP contribution in [0.15, 0.2) is 71.1 Å². The number of furan rings is 1. The van der Waals surface area contributed by atoms with Crippen molar-refractivity contribution in [2.75, 3.05) is 19.7 Å². The molecule has 2 heterocycles. The van der Waals surface area contributed by atoms with E-state index in [1.54, 1.807) is 36.1 Å². The summed E-state index contributed by atoms with van der Waals surface area (Å²) in [7, 11) is 0. The van der Waals surface area contributed by atoms with Gasteiger partial charge in [0.1, 0.15) is 11.6 Å². The van der Waals surface area contributed by atoms with Crippen LogP contribution in [0, 0.1) is 11.7 Å². The molecule has 1 fully saturated rings. The molecule has 0 spiro atoms. The van der Waals surface area contributed by atoms with Crippen LogP contribution in [0.1, 0.15) is 47.2 Å². The van der Waals surface area contributed by atoms with E-state index in [9.17, 15) is 14.0 Å². The Bertz CT molecular complexity index is 1130. The second-order valence-corrected chi connectivity index (χ2v) is 8.83. The molecule has 0 radical (unpaired) electrons. The Morgan fingerprint density at radius 1 is 1.03 bits per heavy atom. The van der Waals surface area contributed by atoms with Gasteiger partial charge in [0.15, 0.2) is 5.76 Å². The molecule has 0 aliphatic carbocycles. The van der Waals surface area contributed by atoms with Crippen LogP contribution in [0.5, 0.6) is 0 Å². The zero-order valence-electron chi connectivity index (χ0n) is 20.0. The standard InChI is InChI=1S/C28H31FN2O4/c1-2-34-28(33)23-12-8-16-31(19-23)27(32)26-15-14-24(35-26)20-30(17-21-9-4-3-5-10-21)18-22-11-6-7-13-25(22)29/h3-7,9-11,13-15,23H,2,8,12,16-20H2,1H3. The van der Waals surface area contributed by atoms with Crippen molar-refractivity contribution < 1.29 is 23.1 Å². The molecule has 1 amide bonds. The molecule has 7 heteroatoms. The van der Waals surface area contributed by atoms with Gasteiger partial charge in [-0.15, -0.1) is 0 Å². The lowest BCUT2D eigenvalue weighted by Crippen LogP contribution is -2.42. The van der Waals surface area contributed by atoms with E-state index in [1.165, 1.54) is 6.07 Å². The van der Waals surface area contributed by atoms with Gasteiger partial charge in [-0.25, -0.2) is 4.39 Å². The van der Waals surface area contributed by atoms with Gasteiger partial charge in [0.25, 0.3) is 5.91 Å². The number of amides is 1. The maximum atomic E-state index is 14.3. The molecule has 35 heavy (non-hydrogen) atoms. The highest BCUT2D eigenvalue weighted by atomic mass is 19.1. The largest absolute Gasteiger partial charge is 0.466 e. The lowest BCUT2D eigenvalue weighted by Gasteiger charge is -2.30. The van der Waals surface area contributed by atoms with Crippen molar-refractivity contribution in [1.29, 1.82) is 0 Å². The fourth-order valence-electron chi connectivity index (χ4n) is 4.45. The smallest absolute Gasteiger partial charge is 0.310 e. The number of benzene rings is 2. The van der Waals surface area contributed by atoms with E-state index in [-0.39, 0.29) is 29.4 Å². The van der Waals surface area contributed by atoms with Crippen LogP contribution in [-0.2, 0) is 29.2 Å². The fourth-order valence-corrected chi connectivity index (χ4v) is 4.45. The molecule has 0 bridgehead atoms. The number of carbonyl (C=O) groups is 2. The fraction of sp³-hybridized carbons (Fsp3) is 0.357. The van der Waals surface area contributed by atoms with Gasteiger partial charge in [-0.2, -0.15) is 0 Å². The molecule has 0 saturated carbocycles. The summed E-state index contributed by atoms with van der Waals surface area (Å²) in [5.74, 6) is -0.162. The Kier molecular flexibility index (Phi) is 8.32. The van der Waals surface area contributed by atoms with Gasteiger partial charge >= 0.3 is 5.97 Å². The molecule has 3 aromatic rings. The number of halogens is 1. The number of esters is 1. The number of ether oxygens (including phenoxy) is 1. The topological polar surface area (TPSA) is 63.0 Å². The summed E-state index contributed by atoms with van der Waals surface area (Å²) in [5, 5.41) is 0. The molecule has 1 aromatic heterocycles. The minimum Gasteiger partial charge on any atom is -0.466 e. The number of nitrogens with zero attached hydrogens (tertiary/aromatic N) is 2. The predicted molar refractivity (Wildman–Crippen MR) is 130 cm³/mol. The monoisotopic (exact) mass is 478 g/mol. The van der Waals surface area contributed by atoms with Crippen molar-refractivity contribution in [3.05, 3.63) is 95.2 Å². The lowest BCUT2D eigenvalue weighted by atomic mass is 9.98. The highest BCUT2D eigenvalue weighted by Crippen LogP contribution is 2.22. The van der Waals surface area contributed by atoms with Crippen molar-refractivity contribution in [1.82, 2.24) is 9.80 Å². The molecule has 1 atom stereocenters. The van der Waals surface area contributed by atoms with E-state index in [0.29, 0.717) is 50.7 Å². The maximum absolute atomic E-state index is 14.3. The first-order chi connectivity index (χ1) is 17.0. The molecule has 184 valence electrons. The van der Waals surface area contributed by atoms with E-state index in [0.717, 1.165) is 18.4 Å².